The van der Waals surface area contributed by atoms with Gasteiger partial charge in [-0.1, -0.05) is 0 Å². The van der Waals surface area contributed by atoms with Crippen LogP contribution in [-0.2, 0) is 9.59 Å². The molecule has 13 heavy (non-hydrogen) atoms. The van der Waals surface area contributed by atoms with Crippen molar-refractivity contribution in [1.29, 1.82) is 0 Å². The van der Waals surface area contributed by atoms with Crippen LogP contribution in [0.5, 0.6) is 0 Å². The van der Waals surface area contributed by atoms with E-state index in [-0.39, 0.29) is 18.6 Å². The Bertz CT molecular complexity index is 190. The molecule has 1 aliphatic heterocycles. The van der Waals surface area contributed by atoms with Crippen molar-refractivity contribution in [1.82, 2.24) is 10.6 Å². The van der Waals surface area contributed by atoms with E-state index < -0.39 is 6.04 Å². The lowest BCUT2D eigenvalue weighted by atomic mass is 10.2. The number of rotatable bonds is 4. The lowest BCUT2D eigenvalue weighted by molar-refractivity contribution is -0.126. The van der Waals surface area contributed by atoms with Crippen LogP contribution in [0, 0.1) is 0 Å². The normalized spacial score (nSPS) is 23.9. The van der Waals surface area contributed by atoms with E-state index in [0.717, 1.165) is 19.4 Å². The first kappa shape index (κ1) is 10.1. The number of aliphatic hydroxyl groups excluding tert-OH is 1. The minimum atomic E-state index is -0.769. The van der Waals surface area contributed by atoms with E-state index in [2.05, 4.69) is 10.6 Å². The Balaban J connectivity index is 2.34. The third-order valence-electron chi connectivity index (χ3n) is 2.07. The molecule has 74 valence electrons. The Morgan fingerprint density at radius 3 is 3.00 bits per heavy atom. The zero-order valence-electron chi connectivity index (χ0n) is 7.32. The number of aliphatic hydroxyl groups is 1. The SMILES string of the molecule is O=C[C@H](CO)NC(=O)[C@@H]1CCCN1. The van der Waals surface area contributed by atoms with Gasteiger partial charge in [-0.15, -0.1) is 0 Å². The number of carbonyl (C=O) groups excluding carboxylic acids is 2. The van der Waals surface area contributed by atoms with Crippen LogP contribution in [0.3, 0.4) is 0 Å². The van der Waals surface area contributed by atoms with Crippen molar-refractivity contribution in [3.8, 4) is 0 Å². The Morgan fingerprint density at radius 2 is 2.54 bits per heavy atom. The average molecular weight is 186 g/mol. The summed E-state index contributed by atoms with van der Waals surface area (Å²) in [7, 11) is 0. The molecule has 0 bridgehead atoms. The van der Waals surface area contributed by atoms with Crippen LogP contribution in [-0.4, -0.2) is 42.5 Å². The Kier molecular flexibility index (Phi) is 3.85. The summed E-state index contributed by atoms with van der Waals surface area (Å²) in [4.78, 5) is 21.6. The number of hydrogen-bond acceptors (Lipinski definition) is 4. The van der Waals surface area contributed by atoms with Gasteiger partial charge in [-0.3, -0.25) is 4.79 Å². The summed E-state index contributed by atoms with van der Waals surface area (Å²) in [6, 6.07) is -0.969. The molecule has 2 atom stereocenters. The van der Waals surface area contributed by atoms with Crippen LogP contribution in [0.1, 0.15) is 12.8 Å². The second-order valence-electron chi connectivity index (χ2n) is 3.08. The zero-order chi connectivity index (χ0) is 9.68. The lowest BCUT2D eigenvalue weighted by Crippen LogP contribution is -2.47. The van der Waals surface area contributed by atoms with Gasteiger partial charge >= 0.3 is 0 Å². The summed E-state index contributed by atoms with van der Waals surface area (Å²) in [5.74, 6) is -0.205. The van der Waals surface area contributed by atoms with E-state index in [1.165, 1.54) is 0 Å². The first-order chi connectivity index (χ1) is 6.27. The highest BCUT2D eigenvalue weighted by molar-refractivity contribution is 5.84. The van der Waals surface area contributed by atoms with E-state index >= 15 is 0 Å². The first-order valence-electron chi connectivity index (χ1n) is 4.38. The predicted octanol–water partition coefficient (Wildman–Crippen LogP) is -1.59. The van der Waals surface area contributed by atoms with Crippen molar-refractivity contribution in [3.05, 3.63) is 0 Å². The molecule has 1 amide bonds. The smallest absolute Gasteiger partial charge is 0.237 e. The van der Waals surface area contributed by atoms with Crippen LogP contribution < -0.4 is 10.6 Å². The van der Waals surface area contributed by atoms with Gasteiger partial charge in [0, 0.05) is 0 Å². The molecule has 0 aromatic heterocycles. The van der Waals surface area contributed by atoms with Gasteiger partial charge in [0.15, 0.2) is 0 Å². The van der Waals surface area contributed by atoms with Gasteiger partial charge in [0.1, 0.15) is 12.3 Å². The van der Waals surface area contributed by atoms with E-state index in [9.17, 15) is 9.59 Å². The Hall–Kier alpha value is -0.940. The second-order valence-corrected chi connectivity index (χ2v) is 3.08. The topological polar surface area (TPSA) is 78.4 Å². The van der Waals surface area contributed by atoms with Crippen molar-refractivity contribution in [2.75, 3.05) is 13.2 Å². The summed E-state index contributed by atoms with van der Waals surface area (Å²) in [6.45, 7) is 0.491. The zero-order valence-corrected chi connectivity index (χ0v) is 7.32. The molecule has 0 spiro atoms. The fraction of sp³-hybridized carbons (Fsp3) is 0.750. The number of aldehydes is 1. The third-order valence-corrected chi connectivity index (χ3v) is 2.07. The van der Waals surface area contributed by atoms with Crippen molar-refractivity contribution in [3.63, 3.8) is 0 Å². The molecule has 0 aromatic carbocycles. The van der Waals surface area contributed by atoms with Crippen molar-refractivity contribution in [2.24, 2.45) is 0 Å². The van der Waals surface area contributed by atoms with Gasteiger partial charge in [0.25, 0.3) is 0 Å². The van der Waals surface area contributed by atoms with Crippen molar-refractivity contribution >= 4 is 12.2 Å². The number of nitrogens with one attached hydrogen (secondary N) is 2. The molecule has 0 saturated carbocycles. The quantitative estimate of drug-likeness (QED) is 0.463. The molecule has 5 heteroatoms. The molecule has 0 aliphatic carbocycles. The maximum atomic E-state index is 11.3. The number of amides is 1. The second kappa shape index (κ2) is 4.94. The molecule has 5 nitrogen and oxygen atoms in total. The number of hydrogen-bond donors (Lipinski definition) is 3. The van der Waals surface area contributed by atoms with Gasteiger partial charge in [-0.25, -0.2) is 0 Å². The van der Waals surface area contributed by atoms with E-state index in [1.54, 1.807) is 0 Å². The fourth-order valence-corrected chi connectivity index (χ4v) is 1.31. The van der Waals surface area contributed by atoms with Crippen LogP contribution in [0.15, 0.2) is 0 Å². The Labute approximate surface area is 76.5 Å². The predicted molar refractivity (Wildman–Crippen MR) is 46.1 cm³/mol. The van der Waals surface area contributed by atoms with E-state index in [1.807, 2.05) is 0 Å². The maximum absolute atomic E-state index is 11.3. The standard InChI is InChI=1S/C8H14N2O3/c11-4-6(5-12)10-8(13)7-2-1-3-9-7/h4,6-7,9,12H,1-3,5H2,(H,10,13)/t6-,7+/m1/s1. The van der Waals surface area contributed by atoms with Gasteiger partial charge in [-0.05, 0) is 19.4 Å². The summed E-state index contributed by atoms with van der Waals surface area (Å²) in [6.07, 6.45) is 2.30. The minimum absolute atomic E-state index is 0.200. The summed E-state index contributed by atoms with van der Waals surface area (Å²) in [5, 5.41) is 14.1. The fourth-order valence-electron chi connectivity index (χ4n) is 1.31. The Morgan fingerprint density at radius 1 is 1.77 bits per heavy atom. The molecule has 1 aliphatic rings. The molecule has 1 rings (SSSR count). The average Bonchev–Trinajstić information content (AvgIpc) is 2.66. The van der Waals surface area contributed by atoms with Gasteiger partial charge in [-0.2, -0.15) is 0 Å². The van der Waals surface area contributed by atoms with E-state index in [4.69, 9.17) is 5.11 Å². The molecule has 0 radical (unpaired) electrons. The molecule has 0 unspecified atom stereocenters. The van der Waals surface area contributed by atoms with Gasteiger partial charge in [0.2, 0.25) is 5.91 Å². The van der Waals surface area contributed by atoms with Crippen LogP contribution in [0.4, 0.5) is 0 Å². The highest BCUT2D eigenvalue weighted by Crippen LogP contribution is 2.04. The van der Waals surface area contributed by atoms with Gasteiger partial charge in [0.05, 0.1) is 12.6 Å². The molecule has 3 N–H and O–H groups in total. The lowest BCUT2D eigenvalue weighted by Gasteiger charge is -2.13. The van der Waals surface area contributed by atoms with Crippen molar-refractivity contribution in [2.45, 2.75) is 24.9 Å². The molecule has 1 heterocycles. The van der Waals surface area contributed by atoms with Crippen molar-refractivity contribution < 1.29 is 14.7 Å². The molecule has 0 aromatic rings. The summed E-state index contributed by atoms with van der Waals surface area (Å²) >= 11 is 0. The summed E-state index contributed by atoms with van der Waals surface area (Å²) < 4.78 is 0. The highest BCUT2D eigenvalue weighted by atomic mass is 16.3. The molecular weight excluding hydrogens is 172 g/mol. The van der Waals surface area contributed by atoms with Crippen LogP contribution in [0.2, 0.25) is 0 Å². The minimum Gasteiger partial charge on any atom is -0.394 e. The highest BCUT2D eigenvalue weighted by Gasteiger charge is 2.23. The maximum Gasteiger partial charge on any atom is 0.237 e. The largest absolute Gasteiger partial charge is 0.394 e. The first-order valence-corrected chi connectivity index (χ1v) is 4.38. The molecule has 1 fully saturated rings. The summed E-state index contributed by atoms with van der Waals surface area (Å²) in [5.41, 5.74) is 0. The number of carbonyl (C=O) groups is 2. The van der Waals surface area contributed by atoms with Crippen LogP contribution in [0.25, 0.3) is 0 Å². The monoisotopic (exact) mass is 186 g/mol. The third kappa shape index (κ3) is 2.78. The van der Waals surface area contributed by atoms with E-state index in [0.29, 0.717) is 6.29 Å². The molecular formula is C8H14N2O3. The van der Waals surface area contributed by atoms with Gasteiger partial charge < -0.3 is 20.5 Å². The van der Waals surface area contributed by atoms with Crippen LogP contribution >= 0.6 is 0 Å². The molecule has 1 saturated heterocycles.